The molecule has 0 spiro atoms. The van der Waals surface area contributed by atoms with E-state index in [1.54, 1.807) is 11.3 Å². The lowest BCUT2D eigenvalue weighted by molar-refractivity contribution is -0.140. The molecular formula is C16H24N2O3S. The number of hydrogen-bond acceptors (Lipinski definition) is 4. The Bertz CT molecular complexity index is 586. The third-order valence-electron chi connectivity index (χ3n) is 4.25. The topological polar surface area (TPSA) is 79.3 Å². The normalized spacial score (nSPS) is 23.1. The first-order valence-corrected chi connectivity index (χ1v) is 8.38. The van der Waals surface area contributed by atoms with E-state index in [0.717, 1.165) is 10.7 Å². The number of carbonyl (C=O) groups excluding carboxylic acids is 1. The van der Waals surface area contributed by atoms with Crippen molar-refractivity contribution in [3.05, 3.63) is 16.1 Å². The van der Waals surface area contributed by atoms with Gasteiger partial charge in [0.05, 0.1) is 22.5 Å². The predicted octanol–water partition coefficient (Wildman–Crippen LogP) is 2.46. The van der Waals surface area contributed by atoms with E-state index in [1.807, 2.05) is 19.2 Å². The summed E-state index contributed by atoms with van der Waals surface area (Å²) in [4.78, 5) is 27.8. The van der Waals surface area contributed by atoms with E-state index < -0.39 is 23.2 Å². The maximum atomic E-state index is 12.1. The lowest BCUT2D eigenvalue weighted by atomic mass is 9.98. The number of carboxylic acid groups (broad SMARTS) is 1. The fourth-order valence-corrected chi connectivity index (χ4v) is 3.72. The van der Waals surface area contributed by atoms with Gasteiger partial charge < -0.3 is 10.4 Å². The van der Waals surface area contributed by atoms with E-state index in [-0.39, 0.29) is 11.3 Å². The molecule has 1 saturated carbocycles. The molecule has 1 aliphatic rings. The van der Waals surface area contributed by atoms with Crippen LogP contribution in [-0.2, 0) is 21.4 Å². The second-order valence-electron chi connectivity index (χ2n) is 7.55. The summed E-state index contributed by atoms with van der Waals surface area (Å²) >= 11 is 1.64. The van der Waals surface area contributed by atoms with E-state index >= 15 is 0 Å². The van der Waals surface area contributed by atoms with Crippen molar-refractivity contribution in [3.8, 4) is 0 Å². The highest BCUT2D eigenvalue weighted by Gasteiger charge is 2.65. The van der Waals surface area contributed by atoms with Crippen molar-refractivity contribution in [1.29, 1.82) is 0 Å². The number of carbonyl (C=O) groups is 2. The first-order chi connectivity index (χ1) is 10.0. The molecule has 1 amide bonds. The summed E-state index contributed by atoms with van der Waals surface area (Å²) in [5.74, 6) is -2.05. The molecule has 1 aromatic rings. The third-order valence-corrected chi connectivity index (χ3v) is 5.57. The van der Waals surface area contributed by atoms with Crippen molar-refractivity contribution in [3.63, 3.8) is 0 Å². The molecule has 0 radical (unpaired) electrons. The van der Waals surface area contributed by atoms with Gasteiger partial charge in [0, 0.05) is 23.8 Å². The summed E-state index contributed by atoms with van der Waals surface area (Å²) in [7, 11) is 0. The quantitative estimate of drug-likeness (QED) is 0.872. The summed E-state index contributed by atoms with van der Waals surface area (Å²) in [6, 6.07) is 0. The molecule has 5 nitrogen and oxygen atoms in total. The molecular weight excluding hydrogens is 300 g/mol. The van der Waals surface area contributed by atoms with Gasteiger partial charge in [-0.1, -0.05) is 34.6 Å². The van der Waals surface area contributed by atoms with Crippen LogP contribution < -0.4 is 5.32 Å². The minimum Gasteiger partial charge on any atom is -0.481 e. The van der Waals surface area contributed by atoms with E-state index in [9.17, 15) is 9.59 Å². The van der Waals surface area contributed by atoms with Gasteiger partial charge in [-0.3, -0.25) is 9.59 Å². The number of aromatic nitrogens is 1. The first-order valence-electron chi connectivity index (χ1n) is 7.50. The Balaban J connectivity index is 1.84. The zero-order chi connectivity index (χ0) is 16.7. The first kappa shape index (κ1) is 16.9. The summed E-state index contributed by atoms with van der Waals surface area (Å²) in [6.07, 6.45) is 0.670. The van der Waals surface area contributed by atoms with Gasteiger partial charge in [0.15, 0.2) is 0 Å². The molecule has 1 aromatic heterocycles. The van der Waals surface area contributed by atoms with Gasteiger partial charge in [-0.25, -0.2) is 4.98 Å². The number of nitrogens with zero attached hydrogens (tertiary/aromatic N) is 1. The van der Waals surface area contributed by atoms with Gasteiger partial charge in [0.2, 0.25) is 5.91 Å². The molecule has 22 heavy (non-hydrogen) atoms. The Morgan fingerprint density at radius 2 is 2.00 bits per heavy atom. The van der Waals surface area contributed by atoms with Crippen molar-refractivity contribution >= 4 is 23.2 Å². The molecule has 2 N–H and O–H groups in total. The number of hydrogen-bond donors (Lipinski definition) is 2. The van der Waals surface area contributed by atoms with Gasteiger partial charge in [-0.15, -0.1) is 11.3 Å². The van der Waals surface area contributed by atoms with Gasteiger partial charge in [-0.05, 0) is 5.41 Å². The molecule has 1 heterocycles. The van der Waals surface area contributed by atoms with Crippen molar-refractivity contribution in [2.45, 2.75) is 46.5 Å². The predicted molar refractivity (Wildman–Crippen MR) is 85.9 cm³/mol. The Hall–Kier alpha value is -1.43. The number of thiazole rings is 1. The molecule has 2 atom stereocenters. The molecule has 6 heteroatoms. The van der Waals surface area contributed by atoms with Crippen LogP contribution >= 0.6 is 11.3 Å². The maximum Gasteiger partial charge on any atom is 0.307 e. The molecule has 0 aliphatic heterocycles. The van der Waals surface area contributed by atoms with Crippen LogP contribution in [0, 0.1) is 17.3 Å². The van der Waals surface area contributed by atoms with E-state index in [0.29, 0.717) is 13.0 Å². The van der Waals surface area contributed by atoms with E-state index in [4.69, 9.17) is 5.11 Å². The molecule has 1 fully saturated rings. The fourth-order valence-electron chi connectivity index (χ4n) is 2.78. The second kappa shape index (κ2) is 5.65. The highest BCUT2D eigenvalue weighted by molar-refractivity contribution is 7.09. The summed E-state index contributed by atoms with van der Waals surface area (Å²) in [6.45, 7) is 10.5. The van der Waals surface area contributed by atoms with Crippen LogP contribution in [-0.4, -0.2) is 28.5 Å². The summed E-state index contributed by atoms with van der Waals surface area (Å²) in [5.41, 5.74) is 0.564. The van der Waals surface area contributed by atoms with Crippen molar-refractivity contribution in [2.24, 2.45) is 17.3 Å². The van der Waals surface area contributed by atoms with E-state index in [2.05, 4.69) is 31.1 Å². The zero-order valence-corrected chi connectivity index (χ0v) is 14.6. The Kier molecular flexibility index (Phi) is 4.35. The minimum atomic E-state index is -0.889. The largest absolute Gasteiger partial charge is 0.481 e. The van der Waals surface area contributed by atoms with Crippen molar-refractivity contribution < 1.29 is 14.7 Å². The van der Waals surface area contributed by atoms with Crippen LogP contribution in [0.4, 0.5) is 0 Å². The Labute approximate surface area is 135 Å². The van der Waals surface area contributed by atoms with Gasteiger partial charge >= 0.3 is 5.97 Å². The second-order valence-corrected chi connectivity index (χ2v) is 8.41. The number of carboxylic acids is 1. The Morgan fingerprint density at radius 3 is 2.45 bits per heavy atom. The van der Waals surface area contributed by atoms with Crippen molar-refractivity contribution in [2.75, 3.05) is 6.54 Å². The zero-order valence-electron chi connectivity index (χ0n) is 13.8. The lowest BCUT2D eigenvalue weighted by Gasteiger charge is -2.13. The highest BCUT2D eigenvalue weighted by Crippen LogP contribution is 2.58. The smallest absolute Gasteiger partial charge is 0.307 e. The van der Waals surface area contributed by atoms with Gasteiger partial charge in [0.25, 0.3) is 0 Å². The average Bonchev–Trinajstić information content (AvgIpc) is 2.73. The number of nitrogens with one attached hydrogen (secondary N) is 1. The molecule has 0 saturated heterocycles. The van der Waals surface area contributed by atoms with Crippen LogP contribution in [0.25, 0.3) is 0 Å². The minimum absolute atomic E-state index is 0.0406. The molecule has 1 aliphatic carbocycles. The van der Waals surface area contributed by atoms with Gasteiger partial charge in [-0.2, -0.15) is 0 Å². The monoisotopic (exact) mass is 324 g/mol. The number of rotatable bonds is 5. The maximum absolute atomic E-state index is 12.1. The Morgan fingerprint density at radius 1 is 1.36 bits per heavy atom. The average molecular weight is 324 g/mol. The van der Waals surface area contributed by atoms with Crippen LogP contribution in [0.3, 0.4) is 0 Å². The lowest BCUT2D eigenvalue weighted by Crippen LogP contribution is -2.29. The van der Waals surface area contributed by atoms with Crippen LogP contribution in [0.5, 0.6) is 0 Å². The molecule has 0 bridgehead atoms. The standard InChI is InChI=1S/C16H24N2O3S/c1-15(2,3)14-18-9(8-22-14)6-7-17-12(19)10-11(13(20)21)16(10,4)5/h8,10-11H,6-7H2,1-5H3,(H,17,19)(H,20,21)/t10-,11+/m0/s1. The summed E-state index contributed by atoms with van der Waals surface area (Å²) in [5, 5.41) is 15.1. The number of aliphatic carboxylic acids is 1. The molecule has 0 unspecified atom stereocenters. The molecule has 2 rings (SSSR count). The van der Waals surface area contributed by atoms with E-state index in [1.165, 1.54) is 0 Å². The van der Waals surface area contributed by atoms with Crippen LogP contribution in [0.2, 0.25) is 0 Å². The van der Waals surface area contributed by atoms with Crippen molar-refractivity contribution in [1.82, 2.24) is 10.3 Å². The highest BCUT2D eigenvalue weighted by atomic mass is 32.1. The molecule has 122 valence electrons. The van der Waals surface area contributed by atoms with Crippen LogP contribution in [0.1, 0.15) is 45.3 Å². The summed E-state index contributed by atoms with van der Waals surface area (Å²) < 4.78 is 0. The van der Waals surface area contributed by atoms with Gasteiger partial charge in [0.1, 0.15) is 0 Å². The fraction of sp³-hybridized carbons (Fsp3) is 0.688. The SMILES string of the molecule is CC(C)(C)c1nc(CCNC(=O)[C@@H]2[C@H](C(=O)O)C2(C)C)cs1. The third kappa shape index (κ3) is 3.32. The van der Waals surface area contributed by atoms with Crippen LogP contribution in [0.15, 0.2) is 5.38 Å². The molecule has 0 aromatic carbocycles. The number of amides is 1.